The van der Waals surface area contributed by atoms with Crippen LogP contribution in [0.1, 0.15) is 40.5 Å². The van der Waals surface area contributed by atoms with E-state index in [-0.39, 0.29) is 5.60 Å². The normalized spacial score (nSPS) is 12.5. The van der Waals surface area contributed by atoms with E-state index in [0.29, 0.717) is 5.92 Å². The number of hydrazine groups is 1. The third kappa shape index (κ3) is 8.22. The van der Waals surface area contributed by atoms with E-state index < -0.39 is 0 Å². The highest BCUT2D eigenvalue weighted by atomic mass is 16.5. The van der Waals surface area contributed by atoms with E-state index in [1.807, 2.05) is 0 Å². The van der Waals surface area contributed by atoms with Crippen molar-refractivity contribution in [3.63, 3.8) is 0 Å². The minimum absolute atomic E-state index is 0.0543. The van der Waals surface area contributed by atoms with Gasteiger partial charge in [0.25, 0.3) is 0 Å². The quantitative estimate of drug-likeness (QED) is 0.472. The number of nitrogens with two attached hydrogens (primary N) is 1. The molecule has 0 rings (SSSR count). The number of ether oxygens (including phenoxy) is 1. The van der Waals surface area contributed by atoms with Crippen LogP contribution in [0.5, 0.6) is 0 Å². The summed E-state index contributed by atoms with van der Waals surface area (Å²) < 4.78 is 5.75. The minimum Gasteiger partial charge on any atom is -0.376 e. The largest absolute Gasteiger partial charge is 0.376 e. The van der Waals surface area contributed by atoms with E-state index >= 15 is 0 Å². The maximum atomic E-state index is 5.75. The Bertz CT molecular complexity index is 124. The van der Waals surface area contributed by atoms with Crippen LogP contribution in [0.3, 0.4) is 0 Å². The molecule has 3 nitrogen and oxygen atoms in total. The van der Waals surface area contributed by atoms with Gasteiger partial charge < -0.3 is 4.74 Å². The van der Waals surface area contributed by atoms with Crippen molar-refractivity contribution in [1.82, 2.24) is 5.43 Å². The molecule has 0 aromatic carbocycles. The van der Waals surface area contributed by atoms with Crippen LogP contribution >= 0.6 is 0 Å². The van der Waals surface area contributed by atoms with E-state index in [0.717, 1.165) is 26.0 Å². The third-order valence-corrected chi connectivity index (χ3v) is 2.06. The lowest BCUT2D eigenvalue weighted by Gasteiger charge is -2.25. The second-order valence-corrected chi connectivity index (χ2v) is 4.49. The van der Waals surface area contributed by atoms with Gasteiger partial charge in [0.2, 0.25) is 0 Å². The van der Waals surface area contributed by atoms with Gasteiger partial charge in [-0.25, -0.2) is 0 Å². The summed E-state index contributed by atoms with van der Waals surface area (Å²) in [5, 5.41) is 0. The molecule has 0 atom stereocenters. The summed E-state index contributed by atoms with van der Waals surface area (Å²) in [7, 11) is 0. The molecule has 0 aliphatic carbocycles. The Labute approximate surface area is 82.0 Å². The first-order chi connectivity index (χ1) is 5.98. The SMILES string of the molecule is CC(C)CCOC(C)(C)CCNN. The van der Waals surface area contributed by atoms with Crippen molar-refractivity contribution in [3.05, 3.63) is 0 Å². The van der Waals surface area contributed by atoms with Crippen LogP contribution in [-0.4, -0.2) is 18.8 Å². The van der Waals surface area contributed by atoms with Crippen molar-refractivity contribution in [2.24, 2.45) is 11.8 Å². The Kier molecular flexibility index (Phi) is 6.29. The van der Waals surface area contributed by atoms with Crippen LogP contribution in [0.2, 0.25) is 0 Å². The van der Waals surface area contributed by atoms with Gasteiger partial charge >= 0.3 is 0 Å². The van der Waals surface area contributed by atoms with Crippen molar-refractivity contribution in [1.29, 1.82) is 0 Å². The molecule has 0 aromatic rings. The van der Waals surface area contributed by atoms with Gasteiger partial charge in [0.15, 0.2) is 0 Å². The fourth-order valence-corrected chi connectivity index (χ4v) is 1.02. The second-order valence-electron chi connectivity index (χ2n) is 4.49. The zero-order chi connectivity index (χ0) is 10.3. The molecule has 0 radical (unpaired) electrons. The van der Waals surface area contributed by atoms with Gasteiger partial charge in [0, 0.05) is 13.2 Å². The molecular weight excluding hydrogens is 164 g/mol. The number of rotatable bonds is 7. The van der Waals surface area contributed by atoms with Gasteiger partial charge in [-0.2, -0.15) is 0 Å². The fraction of sp³-hybridized carbons (Fsp3) is 1.00. The topological polar surface area (TPSA) is 47.3 Å². The summed E-state index contributed by atoms with van der Waals surface area (Å²) in [5.74, 6) is 5.92. The van der Waals surface area contributed by atoms with Crippen molar-refractivity contribution in [3.8, 4) is 0 Å². The Balaban J connectivity index is 3.50. The Morgan fingerprint density at radius 3 is 2.46 bits per heavy atom. The maximum Gasteiger partial charge on any atom is 0.0639 e. The molecule has 3 N–H and O–H groups in total. The molecule has 0 amide bonds. The number of hydrogen-bond acceptors (Lipinski definition) is 3. The number of hydrogen-bond donors (Lipinski definition) is 2. The number of nitrogens with one attached hydrogen (secondary N) is 1. The van der Waals surface area contributed by atoms with Crippen molar-refractivity contribution in [2.75, 3.05) is 13.2 Å². The lowest BCUT2D eigenvalue weighted by Crippen LogP contribution is -2.33. The first kappa shape index (κ1) is 12.9. The van der Waals surface area contributed by atoms with Gasteiger partial charge in [0.1, 0.15) is 0 Å². The first-order valence-electron chi connectivity index (χ1n) is 5.05. The van der Waals surface area contributed by atoms with Crippen LogP contribution in [0.25, 0.3) is 0 Å². The van der Waals surface area contributed by atoms with Crippen molar-refractivity contribution in [2.45, 2.75) is 46.1 Å². The summed E-state index contributed by atoms with van der Waals surface area (Å²) in [6.45, 7) is 10.3. The highest BCUT2D eigenvalue weighted by molar-refractivity contribution is 4.69. The maximum absolute atomic E-state index is 5.75. The molecule has 0 aliphatic heterocycles. The predicted molar refractivity (Wildman–Crippen MR) is 56.3 cm³/mol. The highest BCUT2D eigenvalue weighted by Gasteiger charge is 2.17. The first-order valence-corrected chi connectivity index (χ1v) is 5.05. The monoisotopic (exact) mass is 188 g/mol. The van der Waals surface area contributed by atoms with Crippen molar-refractivity contribution < 1.29 is 4.74 Å². The smallest absolute Gasteiger partial charge is 0.0639 e. The molecule has 0 heterocycles. The highest BCUT2D eigenvalue weighted by Crippen LogP contribution is 2.14. The molecule has 0 spiro atoms. The molecule has 80 valence electrons. The molecule has 0 aliphatic rings. The zero-order valence-electron chi connectivity index (χ0n) is 9.39. The van der Waals surface area contributed by atoms with E-state index in [1.54, 1.807) is 0 Å². The standard InChI is InChI=1S/C10H24N2O/c1-9(2)5-8-13-10(3,4)6-7-12-11/h9,12H,5-8,11H2,1-4H3. The second kappa shape index (κ2) is 6.35. The summed E-state index contributed by atoms with van der Waals surface area (Å²) in [5.41, 5.74) is 2.59. The van der Waals surface area contributed by atoms with Crippen LogP contribution < -0.4 is 11.3 Å². The Morgan fingerprint density at radius 1 is 1.38 bits per heavy atom. The van der Waals surface area contributed by atoms with Gasteiger partial charge in [-0.15, -0.1) is 0 Å². The molecule has 0 fully saturated rings. The van der Waals surface area contributed by atoms with Crippen LogP contribution in [-0.2, 0) is 4.74 Å². The van der Waals surface area contributed by atoms with Crippen LogP contribution in [0.15, 0.2) is 0 Å². The molecule has 0 saturated heterocycles. The van der Waals surface area contributed by atoms with Gasteiger partial charge in [0.05, 0.1) is 5.60 Å². The third-order valence-electron chi connectivity index (χ3n) is 2.06. The predicted octanol–water partition coefficient (Wildman–Crippen LogP) is 1.68. The lowest BCUT2D eigenvalue weighted by molar-refractivity contribution is -0.0272. The molecule has 13 heavy (non-hydrogen) atoms. The summed E-state index contributed by atoms with van der Waals surface area (Å²) in [6, 6.07) is 0. The van der Waals surface area contributed by atoms with Crippen LogP contribution in [0, 0.1) is 5.92 Å². The summed E-state index contributed by atoms with van der Waals surface area (Å²) in [6.07, 6.45) is 2.07. The van der Waals surface area contributed by atoms with Gasteiger partial charge in [-0.05, 0) is 32.6 Å². The molecule has 0 unspecified atom stereocenters. The zero-order valence-corrected chi connectivity index (χ0v) is 9.39. The van der Waals surface area contributed by atoms with Gasteiger partial charge in [-0.1, -0.05) is 13.8 Å². The van der Waals surface area contributed by atoms with E-state index in [2.05, 4.69) is 33.1 Å². The molecule has 3 heteroatoms. The molecule has 0 saturated carbocycles. The van der Waals surface area contributed by atoms with E-state index in [1.165, 1.54) is 0 Å². The van der Waals surface area contributed by atoms with E-state index in [4.69, 9.17) is 10.6 Å². The summed E-state index contributed by atoms with van der Waals surface area (Å²) in [4.78, 5) is 0. The summed E-state index contributed by atoms with van der Waals surface area (Å²) >= 11 is 0. The average molecular weight is 188 g/mol. The Hall–Kier alpha value is -0.120. The van der Waals surface area contributed by atoms with Crippen LogP contribution in [0.4, 0.5) is 0 Å². The van der Waals surface area contributed by atoms with E-state index in [9.17, 15) is 0 Å². The average Bonchev–Trinajstić information content (AvgIpc) is 2.00. The lowest BCUT2D eigenvalue weighted by atomic mass is 10.1. The molecular formula is C10H24N2O. The van der Waals surface area contributed by atoms with Gasteiger partial charge in [-0.3, -0.25) is 11.3 Å². The Morgan fingerprint density at radius 2 is 2.00 bits per heavy atom. The molecule has 0 bridgehead atoms. The fourth-order valence-electron chi connectivity index (χ4n) is 1.02. The van der Waals surface area contributed by atoms with Crippen molar-refractivity contribution >= 4 is 0 Å². The minimum atomic E-state index is -0.0543. The molecule has 0 aromatic heterocycles.